The summed E-state index contributed by atoms with van der Waals surface area (Å²) in [6.45, 7) is 7.74. The Bertz CT molecular complexity index is 440. The smallest absolute Gasteiger partial charge is 0.494 e. The molecule has 0 radical (unpaired) electrons. The second-order valence-corrected chi connectivity index (χ2v) is 5.63. The third-order valence-electron chi connectivity index (χ3n) is 3.81. The highest BCUT2D eigenvalue weighted by molar-refractivity contribution is 6.62. The van der Waals surface area contributed by atoms with Crippen LogP contribution in [0.1, 0.15) is 33.3 Å². The lowest BCUT2D eigenvalue weighted by Gasteiger charge is -2.32. The number of aromatic hydroxyl groups is 1. The number of rotatable bonds is 2. The normalized spacial score (nSPS) is 21.3. The van der Waals surface area contributed by atoms with Gasteiger partial charge in [0, 0.05) is 5.56 Å². The Morgan fingerprint density at radius 2 is 1.67 bits per heavy atom. The first-order valence-corrected chi connectivity index (χ1v) is 6.05. The highest BCUT2D eigenvalue weighted by Crippen LogP contribution is 2.36. The highest BCUT2D eigenvalue weighted by atomic mass is 16.7. The summed E-state index contributed by atoms with van der Waals surface area (Å²) in [6.07, 6.45) is 0. The number of phenols is 1. The molecule has 0 atom stereocenters. The van der Waals surface area contributed by atoms with E-state index in [2.05, 4.69) is 0 Å². The van der Waals surface area contributed by atoms with Crippen molar-refractivity contribution >= 4 is 12.6 Å². The highest BCUT2D eigenvalue weighted by Gasteiger charge is 2.51. The minimum atomic E-state index is -0.492. The molecule has 0 bridgehead atoms. The van der Waals surface area contributed by atoms with E-state index in [4.69, 9.17) is 14.4 Å². The van der Waals surface area contributed by atoms with Crippen LogP contribution in [-0.2, 0) is 15.9 Å². The molecule has 1 saturated heterocycles. The average Bonchev–Trinajstić information content (AvgIpc) is 2.48. The summed E-state index contributed by atoms with van der Waals surface area (Å²) < 4.78 is 11.8. The van der Waals surface area contributed by atoms with Gasteiger partial charge in [0.15, 0.2) is 0 Å². The van der Waals surface area contributed by atoms with Gasteiger partial charge in [0.1, 0.15) is 5.75 Å². The van der Waals surface area contributed by atoms with Crippen LogP contribution in [0.5, 0.6) is 5.75 Å². The molecular weight excluding hydrogens is 231 g/mol. The quantitative estimate of drug-likeness (QED) is 0.774. The third kappa shape index (κ3) is 2.14. The van der Waals surface area contributed by atoms with E-state index >= 15 is 0 Å². The van der Waals surface area contributed by atoms with Gasteiger partial charge in [-0.05, 0) is 39.2 Å². The minimum Gasteiger partial charge on any atom is -0.508 e. The maximum Gasteiger partial charge on any atom is 0.494 e. The zero-order chi connectivity index (χ0) is 13.6. The molecule has 4 nitrogen and oxygen atoms in total. The van der Waals surface area contributed by atoms with Crippen molar-refractivity contribution in [2.75, 3.05) is 0 Å². The number of hydrogen-bond donors (Lipinski definition) is 2. The van der Waals surface area contributed by atoms with Gasteiger partial charge in [-0.3, -0.25) is 0 Å². The third-order valence-corrected chi connectivity index (χ3v) is 3.81. The molecule has 0 saturated carbocycles. The zero-order valence-corrected chi connectivity index (χ0v) is 11.2. The van der Waals surface area contributed by atoms with Gasteiger partial charge < -0.3 is 19.5 Å². The van der Waals surface area contributed by atoms with Crippen molar-refractivity contribution < 1.29 is 19.5 Å². The van der Waals surface area contributed by atoms with E-state index in [0.29, 0.717) is 5.56 Å². The van der Waals surface area contributed by atoms with E-state index in [1.807, 2.05) is 27.7 Å². The van der Waals surface area contributed by atoms with Crippen molar-refractivity contribution in [3.05, 3.63) is 23.8 Å². The molecule has 1 aliphatic heterocycles. The Morgan fingerprint density at radius 1 is 1.11 bits per heavy atom. The summed E-state index contributed by atoms with van der Waals surface area (Å²) in [5, 5.41) is 18.8. The van der Waals surface area contributed by atoms with Crippen LogP contribution in [0.2, 0.25) is 0 Å². The Kier molecular flexibility index (Phi) is 3.17. The predicted octanol–water partition coefficient (Wildman–Crippen LogP) is 1.18. The molecule has 1 aromatic rings. The molecule has 18 heavy (non-hydrogen) atoms. The standard InChI is InChI=1S/C13H19BO4/c1-12(2)13(3,4)18-14(17-12)10-6-5-9(8-15)11(16)7-10/h5-7,15-16H,8H2,1-4H3. The maximum absolute atomic E-state index is 9.74. The van der Waals surface area contributed by atoms with Crippen LogP contribution in [0.3, 0.4) is 0 Å². The van der Waals surface area contributed by atoms with Gasteiger partial charge in [-0.15, -0.1) is 0 Å². The van der Waals surface area contributed by atoms with Crippen LogP contribution in [-0.4, -0.2) is 28.5 Å². The van der Waals surface area contributed by atoms with Gasteiger partial charge in [0.2, 0.25) is 0 Å². The van der Waals surface area contributed by atoms with Crippen molar-refractivity contribution in [3.8, 4) is 5.75 Å². The van der Waals surface area contributed by atoms with E-state index in [1.165, 1.54) is 0 Å². The first-order valence-electron chi connectivity index (χ1n) is 6.05. The molecule has 1 heterocycles. The van der Waals surface area contributed by atoms with Crippen molar-refractivity contribution in [1.82, 2.24) is 0 Å². The Labute approximate surface area is 108 Å². The number of benzene rings is 1. The van der Waals surface area contributed by atoms with E-state index in [-0.39, 0.29) is 12.4 Å². The van der Waals surface area contributed by atoms with Crippen molar-refractivity contribution in [1.29, 1.82) is 0 Å². The average molecular weight is 250 g/mol. The fourth-order valence-corrected chi connectivity index (χ4v) is 1.84. The zero-order valence-electron chi connectivity index (χ0n) is 11.2. The lowest BCUT2D eigenvalue weighted by Crippen LogP contribution is -2.41. The molecule has 2 N–H and O–H groups in total. The molecule has 0 aliphatic carbocycles. The predicted molar refractivity (Wildman–Crippen MR) is 69.7 cm³/mol. The van der Waals surface area contributed by atoms with Crippen molar-refractivity contribution in [2.45, 2.75) is 45.5 Å². The maximum atomic E-state index is 9.74. The molecule has 0 amide bonds. The van der Waals surface area contributed by atoms with Crippen molar-refractivity contribution in [2.24, 2.45) is 0 Å². The first-order chi connectivity index (χ1) is 8.27. The van der Waals surface area contributed by atoms with Crippen LogP contribution in [0.25, 0.3) is 0 Å². The summed E-state index contributed by atoms with van der Waals surface area (Å²) >= 11 is 0. The Hall–Kier alpha value is -1.04. The molecule has 1 aliphatic rings. The number of aliphatic hydroxyl groups is 1. The summed E-state index contributed by atoms with van der Waals surface area (Å²) in [6, 6.07) is 5.05. The molecule has 1 aromatic carbocycles. The van der Waals surface area contributed by atoms with E-state index in [1.54, 1.807) is 18.2 Å². The molecule has 2 rings (SSSR count). The molecule has 98 valence electrons. The van der Waals surface area contributed by atoms with Crippen LogP contribution in [0, 0.1) is 0 Å². The first kappa shape index (κ1) is 13.4. The van der Waals surface area contributed by atoms with Crippen LogP contribution in [0.4, 0.5) is 0 Å². The molecular formula is C13H19BO4. The Balaban J connectivity index is 2.27. The Morgan fingerprint density at radius 3 is 2.11 bits per heavy atom. The lowest BCUT2D eigenvalue weighted by atomic mass is 9.78. The van der Waals surface area contributed by atoms with Gasteiger partial charge in [-0.25, -0.2) is 0 Å². The largest absolute Gasteiger partial charge is 0.508 e. The monoisotopic (exact) mass is 250 g/mol. The SMILES string of the molecule is CC1(C)OB(c2ccc(CO)c(O)c2)OC1(C)C. The molecule has 0 unspecified atom stereocenters. The van der Waals surface area contributed by atoms with Gasteiger partial charge >= 0.3 is 7.12 Å². The summed E-state index contributed by atoms with van der Waals surface area (Å²) in [5.74, 6) is 0.0599. The van der Waals surface area contributed by atoms with E-state index < -0.39 is 18.3 Å². The van der Waals surface area contributed by atoms with E-state index in [0.717, 1.165) is 5.46 Å². The fraction of sp³-hybridized carbons (Fsp3) is 0.538. The molecule has 0 spiro atoms. The van der Waals surface area contributed by atoms with Gasteiger partial charge in [0.05, 0.1) is 17.8 Å². The second-order valence-electron chi connectivity index (χ2n) is 5.63. The fourth-order valence-electron chi connectivity index (χ4n) is 1.84. The van der Waals surface area contributed by atoms with Crippen LogP contribution in [0.15, 0.2) is 18.2 Å². The summed E-state index contributed by atoms with van der Waals surface area (Å²) in [7, 11) is -0.492. The van der Waals surface area contributed by atoms with Gasteiger partial charge in [-0.1, -0.05) is 12.1 Å². The second kappa shape index (κ2) is 4.26. The minimum absolute atomic E-state index is 0.0599. The summed E-state index contributed by atoms with van der Waals surface area (Å²) in [5.41, 5.74) is 0.449. The topological polar surface area (TPSA) is 58.9 Å². The van der Waals surface area contributed by atoms with Crippen LogP contribution >= 0.6 is 0 Å². The molecule has 5 heteroatoms. The van der Waals surface area contributed by atoms with E-state index in [9.17, 15) is 5.11 Å². The number of hydrogen-bond acceptors (Lipinski definition) is 4. The van der Waals surface area contributed by atoms with Crippen molar-refractivity contribution in [3.63, 3.8) is 0 Å². The lowest BCUT2D eigenvalue weighted by molar-refractivity contribution is 0.00578. The molecule has 0 aromatic heterocycles. The number of aliphatic hydroxyl groups excluding tert-OH is 1. The van der Waals surface area contributed by atoms with Crippen LogP contribution < -0.4 is 5.46 Å². The summed E-state index contributed by atoms with van der Waals surface area (Å²) in [4.78, 5) is 0. The van der Waals surface area contributed by atoms with Gasteiger partial charge in [0.25, 0.3) is 0 Å². The molecule has 1 fully saturated rings. The van der Waals surface area contributed by atoms with Gasteiger partial charge in [-0.2, -0.15) is 0 Å².